The summed E-state index contributed by atoms with van der Waals surface area (Å²) in [4.78, 5) is 16.7. The Morgan fingerprint density at radius 3 is 2.48 bits per heavy atom. The Hall–Kier alpha value is -3.29. The van der Waals surface area contributed by atoms with E-state index >= 15 is 0 Å². The van der Waals surface area contributed by atoms with Gasteiger partial charge in [-0.2, -0.15) is 0 Å². The minimum absolute atomic E-state index is 0.203. The molecule has 0 spiro atoms. The molecule has 2 heterocycles. The number of hydrogen-bond acceptors (Lipinski definition) is 7. The van der Waals surface area contributed by atoms with E-state index in [9.17, 15) is 4.79 Å². The van der Waals surface area contributed by atoms with Gasteiger partial charge in [0.25, 0.3) is 0 Å². The Kier molecular flexibility index (Phi) is 5.16. The average Bonchev–Trinajstić information content (AvgIpc) is 3.04. The van der Waals surface area contributed by atoms with Gasteiger partial charge < -0.3 is 14.2 Å². The summed E-state index contributed by atoms with van der Waals surface area (Å²) in [5.74, 6) is 1.67. The van der Waals surface area contributed by atoms with Crippen molar-refractivity contribution in [2.75, 3.05) is 21.3 Å². The first-order chi connectivity index (χ1) is 13.0. The van der Waals surface area contributed by atoms with Gasteiger partial charge in [-0.15, -0.1) is 0 Å². The molecule has 0 saturated heterocycles. The minimum atomic E-state index is -0.569. The van der Waals surface area contributed by atoms with Crippen molar-refractivity contribution in [3.63, 3.8) is 0 Å². The average molecular weight is 371 g/mol. The molecule has 0 aliphatic rings. The van der Waals surface area contributed by atoms with E-state index in [0.29, 0.717) is 28.6 Å². The maximum absolute atomic E-state index is 12.2. The Balaban J connectivity index is 2.06. The molecular formula is C19H21N3O5. The zero-order chi connectivity index (χ0) is 19.6. The standard InChI is InChI=1S/C19H21N3O5/c1-11-9-20-14(12(2)17(11)26-5)10-22-18(21-27-19(22)23)13-6-7-15(24-3)16(8-13)25-4/h6-9H,10H2,1-5H3. The predicted octanol–water partition coefficient (Wildman–Crippen LogP) is 2.59. The Bertz CT molecular complexity index is 1020. The molecule has 0 saturated carbocycles. The first kappa shape index (κ1) is 18.5. The quantitative estimate of drug-likeness (QED) is 0.658. The third-order valence-corrected chi connectivity index (χ3v) is 4.39. The summed E-state index contributed by atoms with van der Waals surface area (Å²) in [6.07, 6.45) is 1.72. The van der Waals surface area contributed by atoms with Gasteiger partial charge in [0, 0.05) is 22.9 Å². The van der Waals surface area contributed by atoms with E-state index in [1.807, 2.05) is 13.8 Å². The fraction of sp³-hybridized carbons (Fsp3) is 0.316. The highest BCUT2D eigenvalue weighted by Crippen LogP contribution is 2.32. The summed E-state index contributed by atoms with van der Waals surface area (Å²) in [7, 11) is 4.71. The number of hydrogen-bond donors (Lipinski definition) is 0. The number of ether oxygens (including phenoxy) is 3. The fourth-order valence-electron chi connectivity index (χ4n) is 2.97. The molecule has 8 heteroatoms. The van der Waals surface area contributed by atoms with Crippen molar-refractivity contribution < 1.29 is 18.7 Å². The molecule has 0 amide bonds. The molecule has 3 aromatic rings. The zero-order valence-electron chi connectivity index (χ0n) is 15.9. The van der Waals surface area contributed by atoms with E-state index in [1.165, 1.54) is 4.57 Å². The highest BCUT2D eigenvalue weighted by Gasteiger charge is 2.18. The molecule has 2 aromatic heterocycles. The number of benzene rings is 1. The van der Waals surface area contributed by atoms with E-state index in [-0.39, 0.29) is 6.54 Å². The van der Waals surface area contributed by atoms with Crippen molar-refractivity contribution in [3.05, 3.63) is 51.8 Å². The largest absolute Gasteiger partial charge is 0.496 e. The predicted molar refractivity (Wildman–Crippen MR) is 98.7 cm³/mol. The minimum Gasteiger partial charge on any atom is -0.496 e. The zero-order valence-corrected chi connectivity index (χ0v) is 15.9. The molecule has 0 fully saturated rings. The van der Waals surface area contributed by atoms with Gasteiger partial charge in [-0.05, 0) is 32.0 Å². The van der Waals surface area contributed by atoms with Crippen LogP contribution < -0.4 is 20.0 Å². The maximum atomic E-state index is 12.2. The molecule has 1 aromatic carbocycles. The van der Waals surface area contributed by atoms with Crippen molar-refractivity contribution in [2.45, 2.75) is 20.4 Å². The van der Waals surface area contributed by atoms with Gasteiger partial charge in [-0.25, -0.2) is 4.79 Å². The van der Waals surface area contributed by atoms with Crippen LogP contribution in [0.3, 0.4) is 0 Å². The van der Waals surface area contributed by atoms with E-state index in [1.54, 1.807) is 45.7 Å². The number of aromatic nitrogens is 3. The van der Waals surface area contributed by atoms with Gasteiger partial charge in [0.15, 0.2) is 17.3 Å². The van der Waals surface area contributed by atoms with Gasteiger partial charge >= 0.3 is 5.76 Å². The Morgan fingerprint density at radius 1 is 1.07 bits per heavy atom. The van der Waals surface area contributed by atoms with E-state index in [4.69, 9.17) is 18.7 Å². The lowest BCUT2D eigenvalue weighted by Crippen LogP contribution is -2.18. The smallest absolute Gasteiger partial charge is 0.442 e. The number of aryl methyl sites for hydroxylation is 1. The first-order valence-corrected chi connectivity index (χ1v) is 8.28. The van der Waals surface area contributed by atoms with Crippen molar-refractivity contribution in [2.24, 2.45) is 0 Å². The lowest BCUT2D eigenvalue weighted by atomic mass is 10.1. The number of methoxy groups -OCH3 is 3. The summed E-state index contributed by atoms with van der Waals surface area (Å²) in [5.41, 5.74) is 3.15. The summed E-state index contributed by atoms with van der Waals surface area (Å²) in [6.45, 7) is 4.03. The first-order valence-electron chi connectivity index (χ1n) is 8.28. The third-order valence-electron chi connectivity index (χ3n) is 4.39. The second kappa shape index (κ2) is 7.53. The lowest BCUT2D eigenvalue weighted by Gasteiger charge is -2.13. The van der Waals surface area contributed by atoms with Crippen LogP contribution in [-0.4, -0.2) is 36.0 Å². The van der Waals surface area contributed by atoms with Crippen LogP contribution in [0.5, 0.6) is 17.2 Å². The SMILES string of the molecule is COc1ccc(-c2noc(=O)n2Cc2ncc(C)c(OC)c2C)cc1OC. The molecule has 0 atom stereocenters. The summed E-state index contributed by atoms with van der Waals surface area (Å²) in [5, 5.41) is 3.92. The van der Waals surface area contributed by atoms with Gasteiger partial charge in [0.05, 0.1) is 33.6 Å². The summed E-state index contributed by atoms with van der Waals surface area (Å²) < 4.78 is 22.3. The molecular weight excluding hydrogens is 350 g/mol. The van der Waals surface area contributed by atoms with Crippen LogP contribution >= 0.6 is 0 Å². The van der Waals surface area contributed by atoms with Gasteiger partial charge in [0.2, 0.25) is 0 Å². The van der Waals surface area contributed by atoms with Gasteiger partial charge in [-0.1, -0.05) is 5.16 Å². The van der Waals surface area contributed by atoms with Crippen LogP contribution in [0.1, 0.15) is 16.8 Å². The molecule has 0 radical (unpaired) electrons. The summed E-state index contributed by atoms with van der Waals surface area (Å²) >= 11 is 0. The van der Waals surface area contributed by atoms with Crippen molar-refractivity contribution in [3.8, 4) is 28.6 Å². The fourth-order valence-corrected chi connectivity index (χ4v) is 2.97. The Morgan fingerprint density at radius 2 is 1.81 bits per heavy atom. The molecule has 3 rings (SSSR count). The highest BCUT2D eigenvalue weighted by atomic mass is 16.5. The Labute approximate surface area is 156 Å². The molecule has 0 unspecified atom stereocenters. The molecule has 0 aliphatic heterocycles. The molecule has 0 bridgehead atoms. The van der Waals surface area contributed by atoms with Crippen LogP contribution in [0.4, 0.5) is 0 Å². The molecule has 27 heavy (non-hydrogen) atoms. The van der Waals surface area contributed by atoms with Crippen LogP contribution in [-0.2, 0) is 6.54 Å². The van der Waals surface area contributed by atoms with Gasteiger partial charge in [-0.3, -0.25) is 14.1 Å². The van der Waals surface area contributed by atoms with E-state index in [2.05, 4.69) is 10.1 Å². The lowest BCUT2D eigenvalue weighted by molar-refractivity contribution is 0.355. The van der Waals surface area contributed by atoms with Crippen LogP contribution in [0.2, 0.25) is 0 Å². The number of pyridine rings is 1. The van der Waals surface area contributed by atoms with Crippen LogP contribution in [0, 0.1) is 13.8 Å². The monoisotopic (exact) mass is 371 g/mol. The second-order valence-corrected chi connectivity index (χ2v) is 5.97. The van der Waals surface area contributed by atoms with E-state index in [0.717, 1.165) is 16.9 Å². The van der Waals surface area contributed by atoms with E-state index < -0.39 is 5.76 Å². The molecule has 0 aliphatic carbocycles. The van der Waals surface area contributed by atoms with Crippen molar-refractivity contribution >= 4 is 0 Å². The normalized spacial score (nSPS) is 10.7. The third kappa shape index (κ3) is 3.38. The molecule has 142 valence electrons. The highest BCUT2D eigenvalue weighted by molar-refractivity contribution is 5.61. The molecule has 8 nitrogen and oxygen atoms in total. The van der Waals surface area contributed by atoms with Crippen molar-refractivity contribution in [1.29, 1.82) is 0 Å². The van der Waals surface area contributed by atoms with Crippen LogP contribution in [0.25, 0.3) is 11.4 Å². The topological polar surface area (TPSA) is 88.6 Å². The number of rotatable bonds is 6. The van der Waals surface area contributed by atoms with Crippen molar-refractivity contribution in [1.82, 2.24) is 14.7 Å². The van der Waals surface area contributed by atoms with Crippen LogP contribution in [0.15, 0.2) is 33.7 Å². The maximum Gasteiger partial charge on any atom is 0.442 e. The summed E-state index contributed by atoms with van der Waals surface area (Å²) in [6, 6.07) is 5.27. The second-order valence-electron chi connectivity index (χ2n) is 5.97. The number of nitrogens with zero attached hydrogens (tertiary/aromatic N) is 3. The van der Waals surface area contributed by atoms with Gasteiger partial charge in [0.1, 0.15) is 5.75 Å². The molecule has 0 N–H and O–H groups in total.